The van der Waals surface area contributed by atoms with E-state index in [1.54, 1.807) is 32.4 Å². The van der Waals surface area contributed by atoms with Crippen molar-refractivity contribution in [3.63, 3.8) is 0 Å². The predicted molar refractivity (Wildman–Crippen MR) is 180 cm³/mol. The molecule has 238 valence electrons. The molecule has 5 aromatic rings. The van der Waals surface area contributed by atoms with E-state index in [1.807, 2.05) is 34.9 Å². The monoisotopic (exact) mass is 638 g/mol. The number of carbonyl (C=O) groups excluding carboxylic acids is 2. The summed E-state index contributed by atoms with van der Waals surface area (Å²) in [5.74, 6) is 1.82. The zero-order chi connectivity index (χ0) is 32.2. The Morgan fingerprint density at radius 1 is 0.957 bits per heavy atom. The Kier molecular flexibility index (Phi) is 9.39. The molecule has 0 bridgehead atoms. The van der Waals surface area contributed by atoms with Crippen LogP contribution in [0.2, 0.25) is 0 Å². The van der Waals surface area contributed by atoms with E-state index < -0.39 is 0 Å². The molecule has 0 N–H and O–H groups in total. The Morgan fingerprint density at radius 3 is 2.43 bits per heavy atom. The number of hydrogen-bond acceptors (Lipinski definition) is 8. The van der Waals surface area contributed by atoms with Gasteiger partial charge in [0, 0.05) is 61.4 Å². The smallest absolute Gasteiger partial charge is 0.254 e. The second-order valence-corrected chi connectivity index (χ2v) is 12.7. The molecule has 1 unspecified atom stereocenters. The number of methoxy groups -OCH3 is 2. The molecule has 3 heterocycles. The van der Waals surface area contributed by atoms with E-state index >= 15 is 0 Å². The maximum absolute atomic E-state index is 13.3. The maximum Gasteiger partial charge on any atom is 0.254 e. The van der Waals surface area contributed by atoms with Crippen molar-refractivity contribution in [1.82, 2.24) is 29.5 Å². The van der Waals surface area contributed by atoms with Gasteiger partial charge in [-0.1, -0.05) is 53.7 Å². The SMILES string of the molecule is COc1cc(OC)cc(C(=O)N2CCN(C(=O)CCCSc3nnc4c5cc(C)ccc5n(Cc5ccccc5)c4n3)CC2C)c1. The first-order valence-electron chi connectivity index (χ1n) is 15.5. The van der Waals surface area contributed by atoms with E-state index in [4.69, 9.17) is 14.5 Å². The molecule has 1 atom stereocenters. The van der Waals surface area contributed by atoms with Gasteiger partial charge in [-0.2, -0.15) is 0 Å². The Balaban J connectivity index is 1.06. The minimum absolute atomic E-state index is 0.0930. The van der Waals surface area contributed by atoms with Gasteiger partial charge in [-0.15, -0.1) is 10.2 Å². The molecule has 46 heavy (non-hydrogen) atoms. The molecule has 1 aliphatic rings. The van der Waals surface area contributed by atoms with Gasteiger partial charge in [-0.05, 0) is 50.1 Å². The third-order valence-corrected chi connectivity index (χ3v) is 9.32. The van der Waals surface area contributed by atoms with Crippen LogP contribution >= 0.6 is 11.8 Å². The van der Waals surface area contributed by atoms with Crippen molar-refractivity contribution in [3.05, 3.63) is 83.4 Å². The summed E-state index contributed by atoms with van der Waals surface area (Å²) in [6.07, 6.45) is 1.11. The summed E-state index contributed by atoms with van der Waals surface area (Å²) in [5, 5.41) is 10.7. The Morgan fingerprint density at radius 2 is 1.72 bits per heavy atom. The number of nitrogens with zero attached hydrogens (tertiary/aromatic N) is 6. The van der Waals surface area contributed by atoms with Crippen molar-refractivity contribution in [3.8, 4) is 11.5 Å². The average Bonchev–Trinajstić information content (AvgIpc) is 3.37. The summed E-state index contributed by atoms with van der Waals surface area (Å²) in [7, 11) is 3.12. The summed E-state index contributed by atoms with van der Waals surface area (Å²) >= 11 is 1.52. The lowest BCUT2D eigenvalue weighted by atomic mass is 10.1. The Labute approximate surface area is 272 Å². The number of aryl methyl sites for hydroxylation is 1. The predicted octanol–water partition coefficient (Wildman–Crippen LogP) is 5.60. The number of ether oxygens (including phenoxy) is 2. The van der Waals surface area contributed by atoms with Crippen LogP contribution in [-0.4, -0.2) is 87.0 Å². The van der Waals surface area contributed by atoms with Gasteiger partial charge in [-0.25, -0.2) is 4.98 Å². The highest BCUT2D eigenvalue weighted by Gasteiger charge is 2.30. The van der Waals surface area contributed by atoms with Gasteiger partial charge in [0.2, 0.25) is 11.1 Å². The van der Waals surface area contributed by atoms with Crippen molar-refractivity contribution < 1.29 is 19.1 Å². The van der Waals surface area contributed by atoms with Crippen LogP contribution in [-0.2, 0) is 11.3 Å². The summed E-state index contributed by atoms with van der Waals surface area (Å²) in [5.41, 5.74) is 5.55. The van der Waals surface area contributed by atoms with Crippen LogP contribution in [0.5, 0.6) is 11.5 Å². The van der Waals surface area contributed by atoms with Crippen molar-refractivity contribution in [1.29, 1.82) is 0 Å². The lowest BCUT2D eigenvalue weighted by Gasteiger charge is -2.40. The van der Waals surface area contributed by atoms with Gasteiger partial charge in [0.05, 0.1) is 19.7 Å². The second-order valence-electron chi connectivity index (χ2n) is 11.6. The van der Waals surface area contributed by atoms with Crippen molar-refractivity contribution >= 4 is 45.6 Å². The van der Waals surface area contributed by atoms with Crippen LogP contribution in [0.1, 0.15) is 41.3 Å². The topological polar surface area (TPSA) is 103 Å². The first kappa shape index (κ1) is 31.3. The van der Waals surface area contributed by atoms with Crippen molar-refractivity contribution in [2.75, 3.05) is 39.6 Å². The summed E-state index contributed by atoms with van der Waals surface area (Å²) in [4.78, 5) is 35.0. The highest BCUT2D eigenvalue weighted by atomic mass is 32.2. The highest BCUT2D eigenvalue weighted by molar-refractivity contribution is 7.99. The van der Waals surface area contributed by atoms with Gasteiger partial charge in [0.25, 0.3) is 5.91 Å². The van der Waals surface area contributed by atoms with Crippen molar-refractivity contribution in [2.45, 2.75) is 44.4 Å². The summed E-state index contributed by atoms with van der Waals surface area (Å²) < 4.78 is 12.9. The molecule has 3 aromatic carbocycles. The zero-order valence-electron chi connectivity index (χ0n) is 26.6. The van der Waals surface area contributed by atoms with Gasteiger partial charge < -0.3 is 23.8 Å². The first-order valence-corrected chi connectivity index (χ1v) is 16.4. The first-order chi connectivity index (χ1) is 22.3. The molecule has 2 aromatic heterocycles. The molecular weight excluding hydrogens is 600 g/mol. The van der Waals surface area contributed by atoms with Crippen LogP contribution in [0.3, 0.4) is 0 Å². The van der Waals surface area contributed by atoms with E-state index in [0.29, 0.717) is 67.0 Å². The minimum Gasteiger partial charge on any atom is -0.497 e. The zero-order valence-corrected chi connectivity index (χ0v) is 27.4. The molecule has 6 rings (SSSR count). The molecule has 0 radical (unpaired) electrons. The fourth-order valence-corrected chi connectivity index (χ4v) is 6.69. The van der Waals surface area contributed by atoms with Gasteiger partial charge in [-0.3, -0.25) is 9.59 Å². The Hall–Kier alpha value is -4.64. The van der Waals surface area contributed by atoms with Crippen LogP contribution < -0.4 is 9.47 Å². The molecule has 1 saturated heterocycles. The molecule has 10 nitrogen and oxygen atoms in total. The van der Waals surface area contributed by atoms with Crippen LogP contribution in [0, 0.1) is 6.92 Å². The van der Waals surface area contributed by atoms with Crippen LogP contribution in [0.15, 0.2) is 71.9 Å². The molecule has 0 saturated carbocycles. The Bertz CT molecular complexity index is 1860. The molecule has 0 spiro atoms. The normalized spacial score (nSPS) is 15.0. The summed E-state index contributed by atoms with van der Waals surface area (Å²) in [6, 6.07) is 21.8. The molecular formula is C35H38N6O4S. The number of amides is 2. The number of piperazine rings is 1. The van der Waals surface area contributed by atoms with Crippen molar-refractivity contribution in [2.24, 2.45) is 0 Å². The number of benzene rings is 3. The number of carbonyl (C=O) groups is 2. The second kappa shape index (κ2) is 13.8. The van der Waals surface area contributed by atoms with Gasteiger partial charge in [0.1, 0.15) is 17.0 Å². The number of thioether (sulfide) groups is 1. The average molecular weight is 639 g/mol. The molecule has 2 amide bonds. The quantitative estimate of drug-likeness (QED) is 0.144. The number of hydrogen-bond donors (Lipinski definition) is 0. The third kappa shape index (κ3) is 6.64. The molecule has 1 aliphatic heterocycles. The van der Waals surface area contributed by atoms with Gasteiger partial charge in [0.15, 0.2) is 5.65 Å². The molecule has 11 heteroatoms. The lowest BCUT2D eigenvalue weighted by Crippen LogP contribution is -2.55. The number of aromatic nitrogens is 4. The lowest BCUT2D eigenvalue weighted by molar-refractivity contribution is -0.133. The number of fused-ring (bicyclic) bond motifs is 3. The molecule has 0 aliphatic carbocycles. The maximum atomic E-state index is 13.3. The minimum atomic E-state index is -0.116. The van der Waals surface area contributed by atoms with Crippen LogP contribution in [0.25, 0.3) is 22.1 Å². The fraction of sp³-hybridized carbons (Fsp3) is 0.343. The van der Waals surface area contributed by atoms with E-state index in [-0.39, 0.29) is 17.9 Å². The summed E-state index contributed by atoms with van der Waals surface area (Å²) in [6.45, 7) is 6.20. The van der Waals surface area contributed by atoms with E-state index in [0.717, 1.165) is 27.6 Å². The third-order valence-electron chi connectivity index (χ3n) is 8.39. The van der Waals surface area contributed by atoms with E-state index in [9.17, 15) is 9.59 Å². The van der Waals surface area contributed by atoms with E-state index in [2.05, 4.69) is 52.0 Å². The highest BCUT2D eigenvalue weighted by Crippen LogP contribution is 2.30. The van der Waals surface area contributed by atoms with E-state index in [1.165, 1.54) is 17.3 Å². The largest absolute Gasteiger partial charge is 0.497 e. The van der Waals surface area contributed by atoms with Gasteiger partial charge >= 0.3 is 0 Å². The molecule has 1 fully saturated rings. The standard InChI is InChI=1S/C35H38N6O4S/c1-23-12-13-30-29(17-23)32-33(41(30)22-25-9-6-5-7-10-25)36-35(38-37-32)46-16-8-11-31(42)39-14-15-40(24(2)21-39)34(43)26-18-27(44-3)20-28(19-26)45-4/h5-7,9-10,12-13,17-20,24H,8,11,14-16,21-22H2,1-4H3. The fourth-order valence-electron chi connectivity index (χ4n) is 5.97. The number of rotatable bonds is 10. The van der Waals surface area contributed by atoms with Crippen LogP contribution in [0.4, 0.5) is 0 Å².